The summed E-state index contributed by atoms with van der Waals surface area (Å²) >= 11 is 0. The lowest BCUT2D eigenvalue weighted by Gasteiger charge is -2.31. The van der Waals surface area contributed by atoms with Crippen molar-refractivity contribution in [2.24, 2.45) is 17.6 Å². The van der Waals surface area contributed by atoms with Gasteiger partial charge in [-0.15, -0.1) is 0 Å². The molecule has 0 spiro atoms. The van der Waals surface area contributed by atoms with Crippen molar-refractivity contribution in [1.29, 1.82) is 0 Å². The van der Waals surface area contributed by atoms with Crippen molar-refractivity contribution in [3.63, 3.8) is 0 Å². The summed E-state index contributed by atoms with van der Waals surface area (Å²) in [6.45, 7) is 2.38. The van der Waals surface area contributed by atoms with Gasteiger partial charge in [0.05, 0.1) is 0 Å². The quantitative estimate of drug-likeness (QED) is 0.834. The normalized spacial score (nSPS) is 29.0. The lowest BCUT2D eigenvalue weighted by molar-refractivity contribution is 0.248. The highest BCUT2D eigenvalue weighted by Crippen LogP contribution is 2.36. The molecule has 0 aromatic heterocycles. The highest BCUT2D eigenvalue weighted by atomic mass is 14.7. The van der Waals surface area contributed by atoms with Crippen molar-refractivity contribution in [3.8, 4) is 0 Å². The van der Waals surface area contributed by atoms with Gasteiger partial charge in [-0.2, -0.15) is 0 Å². The summed E-state index contributed by atoms with van der Waals surface area (Å²) < 4.78 is 0. The van der Waals surface area contributed by atoms with E-state index in [4.69, 9.17) is 5.73 Å². The number of nitrogens with two attached hydrogens (primary N) is 1. The van der Waals surface area contributed by atoms with Crippen molar-refractivity contribution < 1.29 is 0 Å². The Morgan fingerprint density at radius 3 is 2.78 bits per heavy atom. The minimum absolute atomic E-state index is 0.263. The van der Waals surface area contributed by atoms with Crippen LogP contribution in [-0.2, 0) is 12.8 Å². The van der Waals surface area contributed by atoms with Gasteiger partial charge in [0.15, 0.2) is 0 Å². The third-order valence-electron chi connectivity index (χ3n) is 4.99. The molecule has 1 heteroatoms. The predicted octanol–water partition coefficient (Wildman–Crippen LogP) is 4.00. The number of hydrogen-bond donors (Lipinski definition) is 1. The zero-order valence-corrected chi connectivity index (χ0v) is 11.5. The van der Waals surface area contributed by atoms with Gasteiger partial charge >= 0.3 is 0 Å². The monoisotopic (exact) mass is 243 g/mol. The smallest absolute Gasteiger partial charge is 0.0323 e. The Bertz CT molecular complexity index is 424. The minimum atomic E-state index is 0.263. The molecular weight excluding hydrogens is 218 g/mol. The van der Waals surface area contributed by atoms with Crippen LogP contribution in [0, 0.1) is 11.8 Å². The first-order valence-electron chi connectivity index (χ1n) is 7.61. The first-order valence-corrected chi connectivity index (χ1v) is 7.61. The van der Waals surface area contributed by atoms with Crippen LogP contribution in [0.15, 0.2) is 18.2 Å². The van der Waals surface area contributed by atoms with Crippen LogP contribution in [0.1, 0.15) is 61.8 Å². The van der Waals surface area contributed by atoms with E-state index in [1.165, 1.54) is 50.5 Å². The van der Waals surface area contributed by atoms with E-state index in [9.17, 15) is 0 Å². The molecule has 98 valence electrons. The van der Waals surface area contributed by atoms with E-state index in [1.807, 2.05) is 0 Å². The van der Waals surface area contributed by atoms with Crippen molar-refractivity contribution in [1.82, 2.24) is 0 Å². The number of hydrogen-bond acceptors (Lipinski definition) is 1. The molecule has 1 aromatic carbocycles. The van der Waals surface area contributed by atoms with Gasteiger partial charge in [-0.05, 0) is 60.6 Å². The molecule has 3 unspecified atom stereocenters. The second-order valence-corrected chi connectivity index (χ2v) is 6.44. The van der Waals surface area contributed by atoms with E-state index in [0.717, 1.165) is 5.92 Å². The van der Waals surface area contributed by atoms with Crippen molar-refractivity contribution in [2.45, 2.75) is 57.9 Å². The highest BCUT2D eigenvalue weighted by Gasteiger charge is 2.26. The average molecular weight is 243 g/mol. The summed E-state index contributed by atoms with van der Waals surface area (Å²) in [6.07, 6.45) is 9.26. The maximum atomic E-state index is 6.53. The third kappa shape index (κ3) is 2.33. The Hall–Kier alpha value is -0.820. The van der Waals surface area contributed by atoms with Crippen molar-refractivity contribution in [2.75, 3.05) is 0 Å². The number of fused-ring (bicyclic) bond motifs is 1. The van der Waals surface area contributed by atoms with Crippen LogP contribution >= 0.6 is 0 Å². The Labute approximate surface area is 111 Å². The van der Waals surface area contributed by atoms with Gasteiger partial charge in [0.25, 0.3) is 0 Å². The Morgan fingerprint density at radius 2 is 1.94 bits per heavy atom. The maximum Gasteiger partial charge on any atom is 0.0323 e. The molecule has 1 aromatic rings. The summed E-state index contributed by atoms with van der Waals surface area (Å²) in [6, 6.07) is 7.27. The fourth-order valence-corrected chi connectivity index (χ4v) is 3.88. The molecule has 18 heavy (non-hydrogen) atoms. The highest BCUT2D eigenvalue weighted by molar-refractivity contribution is 5.36. The molecule has 2 aliphatic carbocycles. The number of rotatable bonds is 2. The van der Waals surface area contributed by atoms with E-state index in [2.05, 4.69) is 25.1 Å². The molecule has 0 aliphatic heterocycles. The molecule has 1 fully saturated rings. The van der Waals surface area contributed by atoms with Gasteiger partial charge in [0.2, 0.25) is 0 Å². The van der Waals surface area contributed by atoms with Crippen LogP contribution in [0.25, 0.3) is 0 Å². The molecule has 2 aliphatic rings. The van der Waals surface area contributed by atoms with E-state index >= 15 is 0 Å². The molecule has 0 heterocycles. The van der Waals surface area contributed by atoms with Crippen molar-refractivity contribution >= 4 is 0 Å². The largest absolute Gasteiger partial charge is 0.324 e. The topological polar surface area (TPSA) is 26.0 Å². The third-order valence-corrected chi connectivity index (χ3v) is 4.99. The van der Waals surface area contributed by atoms with Crippen LogP contribution in [-0.4, -0.2) is 0 Å². The van der Waals surface area contributed by atoms with Crippen LogP contribution in [0.2, 0.25) is 0 Å². The van der Waals surface area contributed by atoms with Crippen LogP contribution < -0.4 is 5.73 Å². The first-order chi connectivity index (χ1) is 8.74. The standard InChI is InChI=1S/C17H25N/c1-12-4-2-7-15(10-12)17(18)16-9-8-13-5-3-6-14(13)11-16/h8-9,11-12,15,17H,2-7,10,18H2,1H3. The maximum absolute atomic E-state index is 6.53. The van der Waals surface area contributed by atoms with Gasteiger partial charge in [-0.1, -0.05) is 38.0 Å². The Morgan fingerprint density at radius 1 is 1.11 bits per heavy atom. The van der Waals surface area contributed by atoms with Gasteiger partial charge in [-0.3, -0.25) is 0 Å². The van der Waals surface area contributed by atoms with Crippen molar-refractivity contribution in [3.05, 3.63) is 34.9 Å². The van der Waals surface area contributed by atoms with Crippen LogP contribution in [0.4, 0.5) is 0 Å². The summed E-state index contributed by atoms with van der Waals surface area (Å²) in [5.41, 5.74) is 11.0. The molecule has 0 amide bonds. The average Bonchev–Trinajstić information content (AvgIpc) is 2.85. The summed E-state index contributed by atoms with van der Waals surface area (Å²) in [5, 5.41) is 0. The fourth-order valence-electron chi connectivity index (χ4n) is 3.88. The number of benzene rings is 1. The van der Waals surface area contributed by atoms with Gasteiger partial charge < -0.3 is 5.73 Å². The molecule has 0 saturated heterocycles. The summed E-state index contributed by atoms with van der Waals surface area (Å²) in [7, 11) is 0. The molecule has 1 saturated carbocycles. The summed E-state index contributed by atoms with van der Waals surface area (Å²) in [5.74, 6) is 1.57. The molecule has 0 radical (unpaired) electrons. The van der Waals surface area contributed by atoms with Crippen LogP contribution in [0.5, 0.6) is 0 Å². The minimum Gasteiger partial charge on any atom is -0.324 e. The van der Waals surface area contributed by atoms with Crippen LogP contribution in [0.3, 0.4) is 0 Å². The zero-order valence-electron chi connectivity index (χ0n) is 11.5. The van der Waals surface area contributed by atoms with Gasteiger partial charge in [-0.25, -0.2) is 0 Å². The Balaban J connectivity index is 1.77. The second kappa shape index (κ2) is 5.05. The first kappa shape index (κ1) is 12.2. The van der Waals surface area contributed by atoms with Gasteiger partial charge in [0.1, 0.15) is 0 Å². The molecule has 1 nitrogen and oxygen atoms in total. The molecule has 3 rings (SSSR count). The lowest BCUT2D eigenvalue weighted by atomic mass is 9.77. The second-order valence-electron chi connectivity index (χ2n) is 6.44. The fraction of sp³-hybridized carbons (Fsp3) is 0.647. The molecule has 3 atom stereocenters. The molecular formula is C17H25N. The number of aryl methyl sites for hydroxylation is 2. The van der Waals surface area contributed by atoms with E-state index in [1.54, 1.807) is 11.1 Å². The van der Waals surface area contributed by atoms with E-state index < -0.39 is 0 Å². The lowest BCUT2D eigenvalue weighted by Crippen LogP contribution is -2.26. The summed E-state index contributed by atoms with van der Waals surface area (Å²) in [4.78, 5) is 0. The van der Waals surface area contributed by atoms with E-state index in [0.29, 0.717) is 5.92 Å². The predicted molar refractivity (Wildman–Crippen MR) is 76.5 cm³/mol. The molecule has 0 bridgehead atoms. The SMILES string of the molecule is CC1CCCC(C(N)c2ccc3c(c2)CCC3)C1. The molecule has 2 N–H and O–H groups in total. The van der Waals surface area contributed by atoms with Gasteiger partial charge in [0, 0.05) is 6.04 Å². The Kier molecular flexibility index (Phi) is 3.43. The van der Waals surface area contributed by atoms with E-state index in [-0.39, 0.29) is 6.04 Å². The zero-order chi connectivity index (χ0) is 12.5.